The number of methoxy groups -OCH3 is 2. The van der Waals surface area contributed by atoms with Crippen molar-refractivity contribution in [2.75, 3.05) is 19.6 Å². The summed E-state index contributed by atoms with van der Waals surface area (Å²) in [4.78, 5) is 4.66. The van der Waals surface area contributed by atoms with E-state index in [1.165, 1.54) is 33.6 Å². The van der Waals surface area contributed by atoms with Crippen LogP contribution in [0.2, 0.25) is 5.02 Å². The zero-order valence-corrected chi connectivity index (χ0v) is 18.0. The molecule has 0 aliphatic rings. The van der Waals surface area contributed by atoms with Crippen molar-refractivity contribution in [2.24, 2.45) is 5.10 Å². The molecule has 0 radical (unpaired) electrons. The zero-order valence-electron chi connectivity index (χ0n) is 16.5. The molecular weight excluding hydrogens is 394 g/mol. The maximum atomic E-state index is 6.37. The van der Waals surface area contributed by atoms with E-state index in [0.717, 1.165) is 5.69 Å². The van der Waals surface area contributed by atoms with Gasteiger partial charge in [0.25, 0.3) is 0 Å². The first kappa shape index (κ1) is 20.2. The number of aryl methyl sites for hydroxylation is 3. The standard InChI is InChI=1S/C21H22ClN3O2S/c1-12-8-13(2)18(14(3)9-12)16-11-28-21(24-16)25-23-10-15-6-7-17(26-4)20(27-5)19(15)22/h6-11H,1-5H3,(H,24,25)/b23-10-. The van der Waals surface area contributed by atoms with Crippen LogP contribution in [-0.4, -0.2) is 25.4 Å². The normalized spacial score (nSPS) is 11.1. The number of hydrazone groups is 1. The number of anilines is 1. The molecule has 0 unspecified atom stereocenters. The van der Waals surface area contributed by atoms with Gasteiger partial charge in [-0.1, -0.05) is 29.3 Å². The maximum Gasteiger partial charge on any atom is 0.203 e. The van der Waals surface area contributed by atoms with Gasteiger partial charge < -0.3 is 9.47 Å². The number of hydrogen-bond donors (Lipinski definition) is 1. The lowest BCUT2D eigenvalue weighted by Gasteiger charge is -2.10. The van der Waals surface area contributed by atoms with E-state index >= 15 is 0 Å². The van der Waals surface area contributed by atoms with Crippen LogP contribution in [-0.2, 0) is 0 Å². The second kappa shape index (κ2) is 8.63. The van der Waals surface area contributed by atoms with Gasteiger partial charge in [0.2, 0.25) is 5.13 Å². The Morgan fingerprint density at radius 3 is 2.46 bits per heavy atom. The molecule has 0 amide bonds. The Bertz CT molecular complexity index is 1010. The summed E-state index contributed by atoms with van der Waals surface area (Å²) in [5.74, 6) is 1.06. The summed E-state index contributed by atoms with van der Waals surface area (Å²) >= 11 is 7.87. The Morgan fingerprint density at radius 2 is 1.82 bits per heavy atom. The highest BCUT2D eigenvalue weighted by atomic mass is 35.5. The number of rotatable bonds is 6. The van der Waals surface area contributed by atoms with E-state index in [9.17, 15) is 0 Å². The van der Waals surface area contributed by atoms with Crippen molar-refractivity contribution in [1.29, 1.82) is 0 Å². The number of nitrogens with one attached hydrogen (secondary N) is 1. The molecule has 0 atom stereocenters. The smallest absolute Gasteiger partial charge is 0.203 e. The van der Waals surface area contributed by atoms with Gasteiger partial charge in [-0.15, -0.1) is 11.3 Å². The van der Waals surface area contributed by atoms with Crippen molar-refractivity contribution in [2.45, 2.75) is 20.8 Å². The van der Waals surface area contributed by atoms with Crippen molar-refractivity contribution < 1.29 is 9.47 Å². The van der Waals surface area contributed by atoms with E-state index < -0.39 is 0 Å². The van der Waals surface area contributed by atoms with Crippen molar-refractivity contribution in [3.05, 3.63) is 56.9 Å². The molecule has 146 valence electrons. The third-order valence-electron chi connectivity index (χ3n) is 4.32. The lowest BCUT2D eigenvalue weighted by atomic mass is 9.98. The third-order valence-corrected chi connectivity index (χ3v) is 5.45. The first-order valence-electron chi connectivity index (χ1n) is 8.68. The molecule has 0 aliphatic heterocycles. The fraction of sp³-hybridized carbons (Fsp3) is 0.238. The Balaban J connectivity index is 1.79. The van der Waals surface area contributed by atoms with E-state index in [2.05, 4.69) is 48.4 Å². The highest BCUT2D eigenvalue weighted by Gasteiger charge is 2.12. The molecule has 5 nitrogen and oxygen atoms in total. The van der Waals surface area contributed by atoms with Crippen LogP contribution < -0.4 is 14.9 Å². The average molecular weight is 416 g/mol. The number of benzene rings is 2. The highest BCUT2D eigenvalue weighted by Crippen LogP contribution is 2.36. The molecule has 1 aromatic heterocycles. The molecule has 3 rings (SSSR count). The number of nitrogens with zero attached hydrogens (tertiary/aromatic N) is 2. The summed E-state index contributed by atoms with van der Waals surface area (Å²) in [7, 11) is 3.12. The number of thiazole rings is 1. The predicted octanol–water partition coefficient (Wildman–Crippen LogP) is 5.85. The van der Waals surface area contributed by atoms with Crippen molar-refractivity contribution in [3.8, 4) is 22.8 Å². The number of ether oxygens (including phenoxy) is 2. The Labute approximate surface area is 174 Å². The molecule has 0 spiro atoms. The van der Waals surface area contributed by atoms with Crippen molar-refractivity contribution in [3.63, 3.8) is 0 Å². The molecule has 28 heavy (non-hydrogen) atoms. The zero-order chi connectivity index (χ0) is 20.3. The van der Waals surface area contributed by atoms with Crippen LogP contribution in [0.25, 0.3) is 11.3 Å². The first-order chi connectivity index (χ1) is 13.4. The van der Waals surface area contributed by atoms with Crippen LogP contribution in [0.1, 0.15) is 22.3 Å². The van der Waals surface area contributed by atoms with E-state index in [1.807, 2.05) is 11.4 Å². The van der Waals surface area contributed by atoms with Gasteiger partial charge in [-0.25, -0.2) is 4.98 Å². The molecule has 3 aromatic rings. The van der Waals surface area contributed by atoms with Crippen molar-refractivity contribution in [1.82, 2.24) is 4.98 Å². The van der Waals surface area contributed by atoms with Gasteiger partial charge in [0.1, 0.15) is 0 Å². The topological polar surface area (TPSA) is 55.7 Å². The fourth-order valence-electron chi connectivity index (χ4n) is 3.19. The maximum absolute atomic E-state index is 6.37. The van der Waals surface area contributed by atoms with Crippen LogP contribution >= 0.6 is 22.9 Å². The molecule has 0 fully saturated rings. The Hall–Kier alpha value is -2.57. The molecule has 0 saturated carbocycles. The summed E-state index contributed by atoms with van der Waals surface area (Å²) in [5, 5.41) is 7.45. The van der Waals surface area contributed by atoms with Gasteiger partial charge >= 0.3 is 0 Å². The summed E-state index contributed by atoms with van der Waals surface area (Å²) in [5.41, 5.74) is 9.49. The number of hydrogen-bond acceptors (Lipinski definition) is 6. The van der Waals surface area contributed by atoms with Gasteiger partial charge in [-0.05, 0) is 44.0 Å². The van der Waals surface area contributed by atoms with Gasteiger partial charge in [-0.3, -0.25) is 5.43 Å². The third kappa shape index (κ3) is 4.13. The lowest BCUT2D eigenvalue weighted by Crippen LogP contribution is -1.96. The van der Waals surface area contributed by atoms with Crippen LogP contribution in [0, 0.1) is 20.8 Å². The quantitative estimate of drug-likeness (QED) is 0.405. The minimum atomic E-state index is 0.443. The van der Waals surface area contributed by atoms with E-state index in [1.54, 1.807) is 26.5 Å². The average Bonchev–Trinajstić information content (AvgIpc) is 3.10. The Kier molecular flexibility index (Phi) is 6.21. The molecule has 0 bridgehead atoms. The minimum absolute atomic E-state index is 0.443. The van der Waals surface area contributed by atoms with Gasteiger partial charge in [0.15, 0.2) is 11.5 Å². The molecule has 1 N–H and O–H groups in total. The fourth-order valence-corrected chi connectivity index (χ4v) is 4.12. The summed E-state index contributed by atoms with van der Waals surface area (Å²) in [6, 6.07) is 7.95. The SMILES string of the molecule is COc1ccc(/C=N\Nc2nc(-c3c(C)cc(C)cc3C)cs2)c(Cl)c1OC. The van der Waals surface area contributed by atoms with Gasteiger partial charge in [0, 0.05) is 16.5 Å². The van der Waals surface area contributed by atoms with Crippen LogP contribution in [0.5, 0.6) is 11.5 Å². The van der Waals surface area contributed by atoms with Gasteiger partial charge in [0.05, 0.1) is 31.2 Å². The molecule has 0 aliphatic carbocycles. The van der Waals surface area contributed by atoms with Crippen LogP contribution in [0.4, 0.5) is 5.13 Å². The van der Waals surface area contributed by atoms with Crippen LogP contribution in [0.15, 0.2) is 34.7 Å². The predicted molar refractivity (Wildman–Crippen MR) is 118 cm³/mol. The molecular formula is C21H22ClN3O2S. The van der Waals surface area contributed by atoms with Crippen molar-refractivity contribution >= 4 is 34.3 Å². The van der Waals surface area contributed by atoms with Crippen LogP contribution in [0.3, 0.4) is 0 Å². The molecule has 0 saturated heterocycles. The van der Waals surface area contributed by atoms with E-state index in [0.29, 0.717) is 27.2 Å². The summed E-state index contributed by atoms with van der Waals surface area (Å²) in [6.45, 7) is 6.32. The Morgan fingerprint density at radius 1 is 1.11 bits per heavy atom. The van der Waals surface area contributed by atoms with E-state index in [-0.39, 0.29) is 0 Å². The molecule has 1 heterocycles. The van der Waals surface area contributed by atoms with E-state index in [4.69, 9.17) is 21.1 Å². The minimum Gasteiger partial charge on any atom is -0.493 e. The number of aromatic nitrogens is 1. The lowest BCUT2D eigenvalue weighted by molar-refractivity contribution is 0.355. The largest absolute Gasteiger partial charge is 0.493 e. The van der Waals surface area contributed by atoms with Gasteiger partial charge in [-0.2, -0.15) is 5.10 Å². The molecule has 2 aromatic carbocycles. The second-order valence-electron chi connectivity index (χ2n) is 6.39. The monoisotopic (exact) mass is 415 g/mol. The molecule has 7 heteroatoms. The first-order valence-corrected chi connectivity index (χ1v) is 9.93. The summed E-state index contributed by atoms with van der Waals surface area (Å²) in [6.07, 6.45) is 1.63. The number of halogens is 1. The second-order valence-corrected chi connectivity index (χ2v) is 7.62. The highest BCUT2D eigenvalue weighted by molar-refractivity contribution is 7.14. The summed E-state index contributed by atoms with van der Waals surface area (Å²) < 4.78 is 10.5.